The number of methoxy groups -OCH3 is 2. The minimum Gasteiger partial charge on any atom is -0.493 e. The molecule has 2 aliphatic rings. The first-order valence-electron chi connectivity index (χ1n) is 13.3. The van der Waals surface area contributed by atoms with Crippen molar-refractivity contribution < 1.29 is 28.7 Å². The molecular formula is C29H31N5O7. The third-order valence-corrected chi connectivity index (χ3v) is 7.59. The van der Waals surface area contributed by atoms with Crippen LogP contribution in [0.15, 0.2) is 41.2 Å². The summed E-state index contributed by atoms with van der Waals surface area (Å²) in [6.07, 6.45) is 0.919. The molecule has 12 heteroatoms. The molecule has 2 N–H and O–H groups in total. The van der Waals surface area contributed by atoms with Gasteiger partial charge in [-0.1, -0.05) is 12.1 Å². The van der Waals surface area contributed by atoms with Crippen molar-refractivity contribution in [3.8, 4) is 11.5 Å². The summed E-state index contributed by atoms with van der Waals surface area (Å²) in [6, 6.07) is 9.63. The Hall–Kier alpha value is -4.74. The van der Waals surface area contributed by atoms with Crippen molar-refractivity contribution in [2.75, 3.05) is 32.6 Å². The van der Waals surface area contributed by atoms with Crippen LogP contribution in [-0.2, 0) is 25.6 Å². The average Bonchev–Trinajstić information content (AvgIpc) is 3.33. The van der Waals surface area contributed by atoms with Crippen LogP contribution in [0.1, 0.15) is 36.7 Å². The van der Waals surface area contributed by atoms with E-state index >= 15 is 0 Å². The van der Waals surface area contributed by atoms with Gasteiger partial charge in [0.05, 0.1) is 36.7 Å². The second-order valence-corrected chi connectivity index (χ2v) is 10.2. The highest BCUT2D eigenvalue weighted by atomic mass is 16.5. The molecule has 0 aliphatic carbocycles. The van der Waals surface area contributed by atoms with Crippen molar-refractivity contribution in [2.45, 2.75) is 38.6 Å². The molecule has 2 fully saturated rings. The lowest BCUT2D eigenvalue weighted by atomic mass is 10.0. The Morgan fingerprint density at radius 1 is 1.10 bits per heavy atom. The molecular weight excluding hydrogens is 530 g/mol. The predicted octanol–water partition coefficient (Wildman–Crippen LogP) is 1.73. The van der Waals surface area contributed by atoms with Crippen molar-refractivity contribution in [3.05, 3.63) is 58.1 Å². The van der Waals surface area contributed by atoms with E-state index in [0.29, 0.717) is 35.8 Å². The number of fused-ring (bicyclic) bond motifs is 1. The summed E-state index contributed by atoms with van der Waals surface area (Å²) >= 11 is 0. The topological polar surface area (TPSA) is 149 Å². The quantitative estimate of drug-likeness (QED) is 0.395. The molecule has 1 aromatic heterocycles. The molecule has 2 saturated heterocycles. The van der Waals surface area contributed by atoms with E-state index in [2.05, 4.69) is 15.6 Å². The number of nitrogens with zero attached hydrogens (tertiary/aromatic N) is 3. The Morgan fingerprint density at radius 2 is 1.88 bits per heavy atom. The van der Waals surface area contributed by atoms with Gasteiger partial charge in [-0.3, -0.25) is 33.9 Å². The molecule has 0 saturated carbocycles. The van der Waals surface area contributed by atoms with Crippen LogP contribution in [0.3, 0.4) is 0 Å². The molecule has 41 heavy (non-hydrogen) atoms. The van der Waals surface area contributed by atoms with E-state index in [-0.39, 0.29) is 54.6 Å². The van der Waals surface area contributed by atoms with Gasteiger partial charge in [-0.05, 0) is 49.6 Å². The second-order valence-electron chi connectivity index (χ2n) is 10.2. The molecule has 0 bridgehead atoms. The van der Waals surface area contributed by atoms with E-state index < -0.39 is 23.4 Å². The summed E-state index contributed by atoms with van der Waals surface area (Å²) in [6.45, 7) is 2.31. The third kappa shape index (κ3) is 5.49. The number of aromatic nitrogens is 2. The van der Waals surface area contributed by atoms with Crippen molar-refractivity contribution in [2.24, 2.45) is 5.92 Å². The molecule has 2 aromatic carbocycles. The van der Waals surface area contributed by atoms with Crippen LogP contribution in [0.5, 0.6) is 11.5 Å². The Bertz CT molecular complexity index is 1620. The average molecular weight is 562 g/mol. The molecule has 0 radical (unpaired) electrons. The van der Waals surface area contributed by atoms with Gasteiger partial charge >= 0.3 is 0 Å². The van der Waals surface area contributed by atoms with Crippen molar-refractivity contribution >= 4 is 40.2 Å². The highest BCUT2D eigenvalue weighted by molar-refractivity contribution is 6.04. The number of hydrogen-bond acceptors (Lipinski definition) is 8. The van der Waals surface area contributed by atoms with E-state index in [9.17, 15) is 24.0 Å². The lowest BCUT2D eigenvalue weighted by molar-refractivity contribution is -0.136. The van der Waals surface area contributed by atoms with Crippen LogP contribution in [-0.4, -0.2) is 65.4 Å². The van der Waals surface area contributed by atoms with Crippen LogP contribution < -0.4 is 25.7 Å². The minimum atomic E-state index is -0.882. The summed E-state index contributed by atoms with van der Waals surface area (Å²) in [5.74, 6) is -0.507. The van der Waals surface area contributed by atoms with Gasteiger partial charge in [0.25, 0.3) is 5.56 Å². The maximum absolute atomic E-state index is 13.6. The number of anilines is 1. The van der Waals surface area contributed by atoms with Gasteiger partial charge in [0, 0.05) is 25.9 Å². The molecule has 12 nitrogen and oxygen atoms in total. The zero-order chi connectivity index (χ0) is 29.3. The number of aryl methyl sites for hydroxylation is 1. The second kappa shape index (κ2) is 11.4. The normalized spacial score (nSPS) is 18.9. The fourth-order valence-electron chi connectivity index (χ4n) is 5.45. The molecule has 4 amide bonds. The van der Waals surface area contributed by atoms with E-state index in [0.717, 1.165) is 5.56 Å². The van der Waals surface area contributed by atoms with Gasteiger partial charge in [0.2, 0.25) is 23.6 Å². The molecule has 214 valence electrons. The third-order valence-electron chi connectivity index (χ3n) is 7.59. The summed E-state index contributed by atoms with van der Waals surface area (Å²) in [4.78, 5) is 69.9. The monoisotopic (exact) mass is 561 g/mol. The molecule has 3 heterocycles. The smallest absolute Gasteiger partial charge is 0.264 e. The first kappa shape index (κ1) is 27.8. The fraction of sp³-hybridized carbons (Fsp3) is 0.379. The molecule has 2 unspecified atom stereocenters. The zero-order valence-electron chi connectivity index (χ0n) is 23.1. The number of rotatable bonds is 8. The number of hydrogen-bond donors (Lipinski definition) is 2. The zero-order valence-corrected chi connectivity index (χ0v) is 23.1. The van der Waals surface area contributed by atoms with Crippen molar-refractivity contribution in [1.29, 1.82) is 0 Å². The Balaban J connectivity index is 1.32. The van der Waals surface area contributed by atoms with Gasteiger partial charge in [0.1, 0.15) is 11.9 Å². The van der Waals surface area contributed by atoms with Crippen LogP contribution in [0.4, 0.5) is 5.69 Å². The molecule has 2 atom stereocenters. The highest BCUT2D eigenvalue weighted by Gasteiger charge is 2.35. The number of piperidine rings is 1. The minimum absolute atomic E-state index is 0.0559. The Labute approximate surface area is 235 Å². The molecule has 5 rings (SSSR count). The standard InChI is InChI=1S/C29H31N5O7/c1-16-30-19-5-4-6-20(26(19)29(39)34(16)21-8-10-24(35)32-28(21)38)31-27(37)18-14-25(36)33(15-18)12-11-17-7-9-22(40-2)23(13-17)41-3/h4-7,9,13,18,21H,8,10-12,14-15H2,1-3H3,(H,31,37)(H,32,35,38). The largest absolute Gasteiger partial charge is 0.493 e. The first-order chi connectivity index (χ1) is 19.7. The van der Waals surface area contributed by atoms with E-state index in [4.69, 9.17) is 9.47 Å². The number of nitrogens with one attached hydrogen (secondary N) is 2. The highest BCUT2D eigenvalue weighted by Crippen LogP contribution is 2.29. The Morgan fingerprint density at radius 3 is 2.61 bits per heavy atom. The molecule has 0 spiro atoms. The van der Waals surface area contributed by atoms with Gasteiger partial charge in [-0.15, -0.1) is 0 Å². The number of carbonyl (C=O) groups is 4. The number of likely N-dealkylation sites (tertiary alicyclic amines) is 1. The van der Waals surface area contributed by atoms with Crippen molar-refractivity contribution in [3.63, 3.8) is 0 Å². The van der Waals surface area contributed by atoms with E-state index in [1.807, 2.05) is 18.2 Å². The SMILES string of the molecule is COc1ccc(CCN2CC(C(=O)Nc3cccc4nc(C)n(C5CCC(=O)NC5=O)c(=O)c34)CC2=O)cc1OC. The summed E-state index contributed by atoms with van der Waals surface area (Å²) < 4.78 is 11.9. The van der Waals surface area contributed by atoms with Crippen LogP contribution in [0.25, 0.3) is 10.9 Å². The van der Waals surface area contributed by atoms with Gasteiger partial charge in [0.15, 0.2) is 11.5 Å². The van der Waals surface area contributed by atoms with Crippen LogP contribution in [0, 0.1) is 12.8 Å². The van der Waals surface area contributed by atoms with Gasteiger partial charge in [-0.25, -0.2) is 4.98 Å². The number of amides is 4. The number of imide groups is 1. The lowest BCUT2D eigenvalue weighted by Gasteiger charge is -2.24. The maximum atomic E-state index is 13.6. The first-order valence-corrected chi connectivity index (χ1v) is 13.3. The molecule has 2 aliphatic heterocycles. The number of carbonyl (C=O) groups excluding carboxylic acids is 4. The van der Waals surface area contributed by atoms with Gasteiger partial charge in [-0.2, -0.15) is 0 Å². The van der Waals surface area contributed by atoms with Gasteiger partial charge < -0.3 is 19.7 Å². The van der Waals surface area contributed by atoms with E-state index in [1.165, 1.54) is 4.57 Å². The number of benzene rings is 2. The number of ether oxygens (including phenoxy) is 2. The van der Waals surface area contributed by atoms with Crippen molar-refractivity contribution in [1.82, 2.24) is 19.8 Å². The molecule has 3 aromatic rings. The maximum Gasteiger partial charge on any atom is 0.264 e. The Kier molecular flexibility index (Phi) is 7.73. The van der Waals surface area contributed by atoms with E-state index in [1.54, 1.807) is 44.2 Å². The summed E-state index contributed by atoms with van der Waals surface area (Å²) in [7, 11) is 3.13. The summed E-state index contributed by atoms with van der Waals surface area (Å²) in [5, 5.41) is 5.25. The lowest BCUT2D eigenvalue weighted by Crippen LogP contribution is -2.45. The van der Waals surface area contributed by atoms with Crippen LogP contribution >= 0.6 is 0 Å². The van der Waals surface area contributed by atoms with Crippen LogP contribution in [0.2, 0.25) is 0 Å². The predicted molar refractivity (Wildman–Crippen MR) is 149 cm³/mol. The summed E-state index contributed by atoms with van der Waals surface area (Å²) in [5.41, 5.74) is 1.10. The fourth-order valence-corrected chi connectivity index (χ4v) is 5.45.